The smallest absolute Gasteiger partial charge is 0.257 e. The first-order chi connectivity index (χ1) is 8.24. The molecule has 0 unspecified atom stereocenters. The second kappa shape index (κ2) is 5.63. The lowest BCUT2D eigenvalue weighted by Gasteiger charge is -2.27. The van der Waals surface area contributed by atoms with E-state index in [4.69, 9.17) is 4.74 Å². The summed E-state index contributed by atoms with van der Waals surface area (Å²) < 4.78 is 18.0. The highest BCUT2D eigenvalue weighted by molar-refractivity contribution is 5.77. The Balaban J connectivity index is 1.68. The van der Waals surface area contributed by atoms with E-state index >= 15 is 0 Å². The van der Waals surface area contributed by atoms with Gasteiger partial charge in [0.25, 0.3) is 5.91 Å². The second-order valence-electron chi connectivity index (χ2n) is 4.07. The summed E-state index contributed by atoms with van der Waals surface area (Å²) in [4.78, 5) is 11.4. The van der Waals surface area contributed by atoms with Gasteiger partial charge in [-0.25, -0.2) is 4.39 Å². The van der Waals surface area contributed by atoms with Crippen molar-refractivity contribution in [1.29, 1.82) is 0 Å². The highest BCUT2D eigenvalue weighted by Gasteiger charge is 2.17. The molecule has 0 atom stereocenters. The van der Waals surface area contributed by atoms with Crippen molar-refractivity contribution >= 4 is 5.91 Å². The molecule has 1 aromatic carbocycles. The summed E-state index contributed by atoms with van der Waals surface area (Å²) in [5.41, 5.74) is 0. The van der Waals surface area contributed by atoms with Crippen LogP contribution in [0.25, 0.3) is 0 Å². The molecule has 0 aromatic heterocycles. The molecule has 2 rings (SSSR count). The van der Waals surface area contributed by atoms with Crippen molar-refractivity contribution in [2.45, 2.75) is 0 Å². The number of nitrogens with one attached hydrogen (secondary N) is 2. The molecule has 5 heteroatoms. The zero-order valence-electron chi connectivity index (χ0n) is 9.41. The highest BCUT2D eigenvalue weighted by Crippen LogP contribution is 2.11. The van der Waals surface area contributed by atoms with Crippen LogP contribution >= 0.6 is 0 Å². The average Bonchev–Trinajstić information content (AvgIpc) is 2.24. The van der Waals surface area contributed by atoms with Crippen LogP contribution in [0.1, 0.15) is 0 Å². The van der Waals surface area contributed by atoms with Gasteiger partial charge in [0.2, 0.25) is 0 Å². The molecule has 1 fully saturated rings. The molecule has 0 bridgehead atoms. The monoisotopic (exact) mass is 238 g/mol. The Bertz CT molecular complexity index is 394. The minimum Gasteiger partial charge on any atom is -0.484 e. The normalized spacial score (nSPS) is 15.1. The number of rotatable bonds is 5. The molecule has 1 heterocycles. The van der Waals surface area contributed by atoms with Gasteiger partial charge in [-0.05, 0) is 12.1 Å². The summed E-state index contributed by atoms with van der Waals surface area (Å²) in [6.07, 6.45) is 0. The first kappa shape index (κ1) is 11.9. The SMILES string of the molecule is O=C(COc1cccc(F)c1)NCC1CNC1. The first-order valence-electron chi connectivity index (χ1n) is 5.60. The van der Waals surface area contributed by atoms with E-state index in [1.54, 1.807) is 12.1 Å². The second-order valence-corrected chi connectivity index (χ2v) is 4.07. The molecule has 0 saturated carbocycles. The fraction of sp³-hybridized carbons (Fsp3) is 0.417. The molecule has 0 radical (unpaired) electrons. The lowest BCUT2D eigenvalue weighted by molar-refractivity contribution is -0.123. The maximum Gasteiger partial charge on any atom is 0.257 e. The van der Waals surface area contributed by atoms with Crippen LogP contribution in [-0.2, 0) is 4.79 Å². The topological polar surface area (TPSA) is 50.4 Å². The fourth-order valence-corrected chi connectivity index (χ4v) is 1.51. The van der Waals surface area contributed by atoms with Crippen LogP contribution in [0.15, 0.2) is 24.3 Å². The molecule has 0 aliphatic carbocycles. The lowest BCUT2D eigenvalue weighted by Crippen LogP contribution is -2.48. The van der Waals surface area contributed by atoms with Crippen LogP contribution < -0.4 is 15.4 Å². The largest absolute Gasteiger partial charge is 0.484 e. The molecule has 1 aromatic rings. The highest BCUT2D eigenvalue weighted by atomic mass is 19.1. The number of benzene rings is 1. The van der Waals surface area contributed by atoms with Gasteiger partial charge < -0.3 is 15.4 Å². The van der Waals surface area contributed by atoms with Crippen molar-refractivity contribution in [3.63, 3.8) is 0 Å². The van der Waals surface area contributed by atoms with E-state index in [1.165, 1.54) is 12.1 Å². The van der Waals surface area contributed by atoms with Gasteiger partial charge in [0, 0.05) is 31.6 Å². The first-order valence-corrected chi connectivity index (χ1v) is 5.60. The molecule has 1 amide bonds. The molecule has 2 N–H and O–H groups in total. The number of ether oxygens (including phenoxy) is 1. The summed E-state index contributed by atoms with van der Waals surface area (Å²) in [6.45, 7) is 2.48. The number of carbonyl (C=O) groups excluding carboxylic acids is 1. The predicted octanol–water partition coefficient (Wildman–Crippen LogP) is 0.540. The van der Waals surface area contributed by atoms with Crippen LogP contribution in [0.2, 0.25) is 0 Å². The Morgan fingerprint density at radius 2 is 2.35 bits per heavy atom. The van der Waals surface area contributed by atoms with E-state index in [9.17, 15) is 9.18 Å². The molecular formula is C12H15FN2O2. The Labute approximate surface area is 99.2 Å². The van der Waals surface area contributed by atoms with Crippen molar-refractivity contribution < 1.29 is 13.9 Å². The third kappa shape index (κ3) is 3.71. The van der Waals surface area contributed by atoms with Crippen molar-refractivity contribution in [2.75, 3.05) is 26.2 Å². The van der Waals surface area contributed by atoms with Crippen LogP contribution in [0.5, 0.6) is 5.75 Å². The minimum atomic E-state index is -0.372. The van der Waals surface area contributed by atoms with E-state index in [0.29, 0.717) is 18.2 Å². The van der Waals surface area contributed by atoms with E-state index in [0.717, 1.165) is 13.1 Å². The van der Waals surface area contributed by atoms with Gasteiger partial charge in [-0.2, -0.15) is 0 Å². The quantitative estimate of drug-likeness (QED) is 0.787. The fourth-order valence-electron chi connectivity index (χ4n) is 1.51. The zero-order valence-corrected chi connectivity index (χ0v) is 9.41. The van der Waals surface area contributed by atoms with Gasteiger partial charge in [0.15, 0.2) is 6.61 Å². The maximum atomic E-state index is 12.8. The Morgan fingerprint density at radius 3 is 3.00 bits per heavy atom. The molecule has 1 saturated heterocycles. The Hall–Kier alpha value is -1.62. The van der Waals surface area contributed by atoms with Gasteiger partial charge in [-0.15, -0.1) is 0 Å². The average molecular weight is 238 g/mol. The van der Waals surface area contributed by atoms with E-state index in [2.05, 4.69) is 10.6 Å². The molecule has 1 aliphatic rings. The van der Waals surface area contributed by atoms with E-state index in [1.807, 2.05) is 0 Å². The minimum absolute atomic E-state index is 0.0798. The lowest BCUT2D eigenvalue weighted by atomic mass is 10.0. The van der Waals surface area contributed by atoms with Crippen LogP contribution in [0.3, 0.4) is 0 Å². The van der Waals surface area contributed by atoms with E-state index < -0.39 is 0 Å². The zero-order chi connectivity index (χ0) is 12.1. The molecule has 4 nitrogen and oxygen atoms in total. The molecule has 1 aliphatic heterocycles. The van der Waals surface area contributed by atoms with Gasteiger partial charge in [-0.1, -0.05) is 6.07 Å². The van der Waals surface area contributed by atoms with E-state index in [-0.39, 0.29) is 18.3 Å². The van der Waals surface area contributed by atoms with Crippen molar-refractivity contribution in [1.82, 2.24) is 10.6 Å². The standard InChI is InChI=1S/C12H15FN2O2/c13-10-2-1-3-11(4-10)17-8-12(16)15-7-9-5-14-6-9/h1-4,9,14H,5-8H2,(H,15,16). The Kier molecular flexibility index (Phi) is 3.93. The van der Waals surface area contributed by atoms with Crippen LogP contribution in [-0.4, -0.2) is 32.1 Å². The number of amides is 1. The summed E-state index contributed by atoms with van der Waals surface area (Å²) in [7, 11) is 0. The number of hydrogen-bond acceptors (Lipinski definition) is 3. The van der Waals surface area contributed by atoms with Gasteiger partial charge in [0.1, 0.15) is 11.6 Å². The predicted molar refractivity (Wildman–Crippen MR) is 61.3 cm³/mol. The van der Waals surface area contributed by atoms with Crippen molar-refractivity contribution in [2.24, 2.45) is 5.92 Å². The van der Waals surface area contributed by atoms with Gasteiger partial charge in [0.05, 0.1) is 0 Å². The van der Waals surface area contributed by atoms with Crippen molar-refractivity contribution in [3.8, 4) is 5.75 Å². The number of halogens is 1. The third-order valence-electron chi connectivity index (χ3n) is 2.62. The van der Waals surface area contributed by atoms with Gasteiger partial charge in [-0.3, -0.25) is 4.79 Å². The summed E-state index contributed by atoms with van der Waals surface area (Å²) in [5, 5.41) is 5.90. The van der Waals surface area contributed by atoms with Crippen LogP contribution in [0.4, 0.5) is 4.39 Å². The van der Waals surface area contributed by atoms with Crippen molar-refractivity contribution in [3.05, 3.63) is 30.1 Å². The maximum absolute atomic E-state index is 12.8. The molecule has 92 valence electrons. The summed E-state index contributed by atoms with van der Waals surface area (Å²) in [6, 6.07) is 5.74. The summed E-state index contributed by atoms with van der Waals surface area (Å²) >= 11 is 0. The van der Waals surface area contributed by atoms with Crippen LogP contribution in [0, 0.1) is 11.7 Å². The number of carbonyl (C=O) groups is 1. The van der Waals surface area contributed by atoms with Gasteiger partial charge >= 0.3 is 0 Å². The summed E-state index contributed by atoms with van der Waals surface area (Å²) in [5.74, 6) is 0.336. The Morgan fingerprint density at radius 1 is 1.53 bits per heavy atom. The molecule has 0 spiro atoms. The molecule has 17 heavy (non-hydrogen) atoms. The number of hydrogen-bond donors (Lipinski definition) is 2. The molecular weight excluding hydrogens is 223 g/mol. The third-order valence-corrected chi connectivity index (χ3v) is 2.62.